The van der Waals surface area contributed by atoms with E-state index >= 15 is 0 Å². The van der Waals surface area contributed by atoms with Gasteiger partial charge in [0, 0.05) is 12.6 Å². The first kappa shape index (κ1) is 11.9. The van der Waals surface area contributed by atoms with E-state index in [1.807, 2.05) is 0 Å². The Labute approximate surface area is 91.5 Å². The first-order valence-corrected chi connectivity index (χ1v) is 5.47. The Morgan fingerprint density at radius 3 is 2.53 bits per heavy atom. The van der Waals surface area contributed by atoms with Crippen molar-refractivity contribution in [1.29, 1.82) is 0 Å². The molecule has 1 atom stereocenters. The molecule has 0 aliphatic heterocycles. The lowest BCUT2D eigenvalue weighted by atomic mass is 10.2. The summed E-state index contributed by atoms with van der Waals surface area (Å²) in [6.07, 6.45) is 4.51. The van der Waals surface area contributed by atoms with Crippen LogP contribution in [0.3, 0.4) is 0 Å². The van der Waals surface area contributed by atoms with Gasteiger partial charge >= 0.3 is 0 Å². The highest BCUT2D eigenvalue weighted by Gasteiger charge is 2.10. The molecular formula is C11H20N4. The molecule has 0 aliphatic carbocycles. The summed E-state index contributed by atoms with van der Waals surface area (Å²) in [6, 6.07) is 0.578. The molecule has 4 nitrogen and oxygen atoms in total. The minimum Gasteiger partial charge on any atom is -0.382 e. The van der Waals surface area contributed by atoms with E-state index in [0.29, 0.717) is 11.9 Å². The molecule has 0 radical (unpaired) electrons. The fraction of sp³-hybridized carbons (Fsp3) is 0.636. The normalized spacial score (nSPS) is 13.1. The molecule has 4 heteroatoms. The Hall–Kier alpha value is -1.16. The minimum absolute atomic E-state index is 0.477. The highest BCUT2D eigenvalue weighted by molar-refractivity contribution is 5.22. The fourth-order valence-electron chi connectivity index (χ4n) is 1.49. The number of hydrogen-bond donors (Lipinski definition) is 1. The van der Waals surface area contributed by atoms with Crippen molar-refractivity contribution in [3.8, 4) is 0 Å². The molecule has 0 spiro atoms. The number of nitrogens with two attached hydrogens (primary N) is 1. The van der Waals surface area contributed by atoms with Crippen molar-refractivity contribution >= 4 is 5.82 Å². The second kappa shape index (κ2) is 5.66. The third-order valence-electron chi connectivity index (χ3n) is 2.71. The Kier molecular flexibility index (Phi) is 4.49. The average molecular weight is 208 g/mol. The SMILES string of the molecule is CCC(C)N(CC)Cc1cnc(N)cn1. The quantitative estimate of drug-likeness (QED) is 0.800. The summed E-state index contributed by atoms with van der Waals surface area (Å²) in [4.78, 5) is 10.7. The molecule has 0 bridgehead atoms. The van der Waals surface area contributed by atoms with Gasteiger partial charge in [-0.15, -0.1) is 0 Å². The second-order valence-corrected chi connectivity index (χ2v) is 3.75. The van der Waals surface area contributed by atoms with Crippen molar-refractivity contribution in [1.82, 2.24) is 14.9 Å². The third-order valence-corrected chi connectivity index (χ3v) is 2.71. The van der Waals surface area contributed by atoms with Crippen LogP contribution < -0.4 is 5.73 Å². The maximum Gasteiger partial charge on any atom is 0.141 e. The predicted octanol–water partition coefficient (Wildman–Crippen LogP) is 1.68. The molecule has 1 rings (SSSR count). The Bertz CT molecular complexity index is 283. The number of anilines is 1. The van der Waals surface area contributed by atoms with Gasteiger partial charge in [0.15, 0.2) is 0 Å². The summed E-state index contributed by atoms with van der Waals surface area (Å²) in [6.45, 7) is 8.47. The van der Waals surface area contributed by atoms with Gasteiger partial charge in [0.2, 0.25) is 0 Å². The minimum atomic E-state index is 0.477. The largest absolute Gasteiger partial charge is 0.382 e. The van der Waals surface area contributed by atoms with Crippen LogP contribution in [0.25, 0.3) is 0 Å². The molecule has 0 amide bonds. The highest BCUT2D eigenvalue weighted by atomic mass is 15.2. The zero-order chi connectivity index (χ0) is 11.3. The Morgan fingerprint density at radius 2 is 2.07 bits per heavy atom. The molecule has 1 aromatic heterocycles. The van der Waals surface area contributed by atoms with E-state index < -0.39 is 0 Å². The van der Waals surface area contributed by atoms with E-state index in [0.717, 1.165) is 25.2 Å². The van der Waals surface area contributed by atoms with Crippen molar-refractivity contribution < 1.29 is 0 Å². The summed E-state index contributed by atoms with van der Waals surface area (Å²) >= 11 is 0. The maximum atomic E-state index is 5.49. The van der Waals surface area contributed by atoms with Gasteiger partial charge in [-0.2, -0.15) is 0 Å². The van der Waals surface area contributed by atoms with Crippen molar-refractivity contribution in [2.75, 3.05) is 12.3 Å². The molecule has 0 aliphatic rings. The van der Waals surface area contributed by atoms with Crippen LogP contribution in [0.5, 0.6) is 0 Å². The van der Waals surface area contributed by atoms with Crippen LogP contribution in [-0.2, 0) is 6.54 Å². The zero-order valence-corrected chi connectivity index (χ0v) is 9.77. The van der Waals surface area contributed by atoms with Gasteiger partial charge in [-0.1, -0.05) is 13.8 Å². The standard InChI is InChI=1S/C11H20N4/c1-4-9(3)15(5-2)8-10-6-14-11(12)7-13-10/h6-7,9H,4-5,8H2,1-3H3,(H2,12,14). The molecule has 0 saturated carbocycles. The smallest absolute Gasteiger partial charge is 0.141 e. The van der Waals surface area contributed by atoms with E-state index in [1.54, 1.807) is 12.4 Å². The molecule has 15 heavy (non-hydrogen) atoms. The van der Waals surface area contributed by atoms with Gasteiger partial charge in [-0.3, -0.25) is 9.88 Å². The van der Waals surface area contributed by atoms with Crippen LogP contribution in [0.15, 0.2) is 12.4 Å². The van der Waals surface area contributed by atoms with E-state index in [4.69, 9.17) is 5.73 Å². The van der Waals surface area contributed by atoms with E-state index in [1.165, 1.54) is 0 Å². The van der Waals surface area contributed by atoms with Crippen LogP contribution in [0.4, 0.5) is 5.82 Å². The third kappa shape index (κ3) is 3.47. The van der Waals surface area contributed by atoms with Crippen LogP contribution in [-0.4, -0.2) is 27.5 Å². The van der Waals surface area contributed by atoms with E-state index in [2.05, 4.69) is 35.6 Å². The molecule has 0 aromatic carbocycles. The molecule has 2 N–H and O–H groups in total. The molecule has 1 aromatic rings. The summed E-state index contributed by atoms with van der Waals surface area (Å²) in [7, 11) is 0. The van der Waals surface area contributed by atoms with Gasteiger partial charge in [-0.25, -0.2) is 4.98 Å². The summed E-state index contributed by atoms with van der Waals surface area (Å²) in [5, 5.41) is 0. The lowest BCUT2D eigenvalue weighted by molar-refractivity contribution is 0.203. The Balaban J connectivity index is 2.62. The zero-order valence-electron chi connectivity index (χ0n) is 9.77. The summed E-state index contributed by atoms with van der Waals surface area (Å²) in [5.74, 6) is 0.477. The Morgan fingerprint density at radius 1 is 1.33 bits per heavy atom. The number of nitrogen functional groups attached to an aromatic ring is 1. The number of rotatable bonds is 5. The van der Waals surface area contributed by atoms with Gasteiger partial charge in [0.25, 0.3) is 0 Å². The van der Waals surface area contributed by atoms with Gasteiger partial charge < -0.3 is 5.73 Å². The number of nitrogens with zero attached hydrogens (tertiary/aromatic N) is 3. The average Bonchev–Trinajstić information content (AvgIpc) is 2.27. The van der Waals surface area contributed by atoms with Crippen molar-refractivity contribution in [2.24, 2.45) is 0 Å². The first-order chi connectivity index (χ1) is 7.17. The molecule has 0 saturated heterocycles. The van der Waals surface area contributed by atoms with Crippen LogP contribution in [0, 0.1) is 0 Å². The van der Waals surface area contributed by atoms with Gasteiger partial charge in [0.05, 0.1) is 18.1 Å². The van der Waals surface area contributed by atoms with Crippen LogP contribution in [0.1, 0.15) is 32.9 Å². The van der Waals surface area contributed by atoms with Crippen molar-refractivity contribution in [2.45, 2.75) is 39.8 Å². The van der Waals surface area contributed by atoms with Gasteiger partial charge in [0.1, 0.15) is 5.82 Å². The maximum absolute atomic E-state index is 5.49. The molecular weight excluding hydrogens is 188 g/mol. The lowest BCUT2D eigenvalue weighted by Gasteiger charge is -2.26. The van der Waals surface area contributed by atoms with Crippen LogP contribution in [0.2, 0.25) is 0 Å². The van der Waals surface area contributed by atoms with Crippen molar-refractivity contribution in [3.05, 3.63) is 18.1 Å². The monoisotopic (exact) mass is 208 g/mol. The summed E-state index contributed by atoms with van der Waals surface area (Å²) < 4.78 is 0. The fourth-order valence-corrected chi connectivity index (χ4v) is 1.49. The predicted molar refractivity (Wildman–Crippen MR) is 62.3 cm³/mol. The lowest BCUT2D eigenvalue weighted by Crippen LogP contribution is -2.32. The summed E-state index contributed by atoms with van der Waals surface area (Å²) in [5.41, 5.74) is 6.47. The second-order valence-electron chi connectivity index (χ2n) is 3.75. The van der Waals surface area contributed by atoms with E-state index in [9.17, 15) is 0 Å². The molecule has 84 valence electrons. The van der Waals surface area contributed by atoms with Crippen LogP contribution >= 0.6 is 0 Å². The topological polar surface area (TPSA) is 55.0 Å². The molecule has 1 heterocycles. The molecule has 1 unspecified atom stereocenters. The first-order valence-electron chi connectivity index (χ1n) is 5.47. The molecule has 0 fully saturated rings. The number of hydrogen-bond acceptors (Lipinski definition) is 4. The number of aromatic nitrogens is 2. The highest BCUT2D eigenvalue weighted by Crippen LogP contribution is 2.08. The van der Waals surface area contributed by atoms with Gasteiger partial charge in [-0.05, 0) is 19.9 Å². The van der Waals surface area contributed by atoms with Crippen molar-refractivity contribution in [3.63, 3.8) is 0 Å². The van der Waals surface area contributed by atoms with E-state index in [-0.39, 0.29) is 0 Å².